The van der Waals surface area contributed by atoms with Crippen molar-refractivity contribution in [2.24, 2.45) is 0 Å². The predicted molar refractivity (Wildman–Crippen MR) is 96.8 cm³/mol. The highest BCUT2D eigenvalue weighted by Gasteiger charge is 2.20. The molecule has 1 amide bonds. The van der Waals surface area contributed by atoms with Gasteiger partial charge in [-0.05, 0) is 37.1 Å². The highest BCUT2D eigenvalue weighted by molar-refractivity contribution is 5.99. The van der Waals surface area contributed by atoms with Crippen molar-refractivity contribution in [2.75, 3.05) is 19.5 Å². The van der Waals surface area contributed by atoms with E-state index in [9.17, 15) is 4.79 Å². The number of rotatable bonds is 6. The van der Waals surface area contributed by atoms with Gasteiger partial charge in [-0.3, -0.25) is 4.79 Å². The number of nitrogens with one attached hydrogen (secondary N) is 2. The molecule has 132 valence electrons. The number of hydrogen-bond acceptors (Lipinski definition) is 5. The van der Waals surface area contributed by atoms with Crippen molar-refractivity contribution < 1.29 is 14.3 Å². The summed E-state index contributed by atoms with van der Waals surface area (Å²) in [6, 6.07) is 9.29. The molecule has 1 aromatic carbocycles. The number of nitrogens with zero attached hydrogens (tertiary/aromatic N) is 1. The lowest BCUT2D eigenvalue weighted by atomic mass is 10.2. The van der Waals surface area contributed by atoms with Gasteiger partial charge in [0.15, 0.2) is 11.5 Å². The minimum absolute atomic E-state index is 0.0945. The van der Waals surface area contributed by atoms with Crippen LogP contribution < -0.4 is 20.1 Å². The summed E-state index contributed by atoms with van der Waals surface area (Å²) in [6.07, 6.45) is 6.10. The smallest absolute Gasteiger partial charge is 0.255 e. The molecule has 25 heavy (non-hydrogen) atoms. The molecule has 1 heterocycles. The Morgan fingerprint density at radius 2 is 1.88 bits per heavy atom. The highest BCUT2D eigenvalue weighted by atomic mass is 16.5. The fourth-order valence-corrected chi connectivity index (χ4v) is 3.07. The Kier molecular flexibility index (Phi) is 5.38. The Morgan fingerprint density at radius 3 is 2.60 bits per heavy atom. The van der Waals surface area contributed by atoms with Gasteiger partial charge in [-0.15, -0.1) is 0 Å². The molecule has 0 unspecified atom stereocenters. The second kappa shape index (κ2) is 7.88. The van der Waals surface area contributed by atoms with Crippen LogP contribution in [0.3, 0.4) is 0 Å². The summed E-state index contributed by atoms with van der Waals surface area (Å²) in [6.45, 7) is 0. The van der Waals surface area contributed by atoms with E-state index >= 15 is 0 Å². The van der Waals surface area contributed by atoms with Crippen LogP contribution in [-0.2, 0) is 0 Å². The largest absolute Gasteiger partial charge is 0.493 e. The number of amides is 1. The Labute approximate surface area is 147 Å². The van der Waals surface area contributed by atoms with Crippen LogP contribution in [0.4, 0.5) is 11.5 Å². The molecular weight excluding hydrogens is 318 g/mol. The first-order chi connectivity index (χ1) is 12.2. The minimum Gasteiger partial charge on any atom is -0.493 e. The summed E-state index contributed by atoms with van der Waals surface area (Å²) < 4.78 is 10.6. The highest BCUT2D eigenvalue weighted by Crippen LogP contribution is 2.31. The van der Waals surface area contributed by atoms with Gasteiger partial charge < -0.3 is 20.1 Å². The van der Waals surface area contributed by atoms with Crippen molar-refractivity contribution in [3.8, 4) is 11.5 Å². The summed E-state index contributed by atoms with van der Waals surface area (Å²) in [4.78, 5) is 16.9. The lowest BCUT2D eigenvalue weighted by Crippen LogP contribution is -2.33. The van der Waals surface area contributed by atoms with Crippen molar-refractivity contribution in [3.63, 3.8) is 0 Å². The van der Waals surface area contributed by atoms with E-state index in [1.165, 1.54) is 12.8 Å². The molecule has 1 aromatic heterocycles. The summed E-state index contributed by atoms with van der Waals surface area (Å²) in [5, 5.41) is 6.30. The van der Waals surface area contributed by atoms with Gasteiger partial charge in [0.1, 0.15) is 5.82 Å². The lowest BCUT2D eigenvalue weighted by Gasteiger charge is -2.15. The predicted octanol–water partition coefficient (Wildman–Crippen LogP) is 3.51. The van der Waals surface area contributed by atoms with Gasteiger partial charge in [-0.25, -0.2) is 4.98 Å². The van der Waals surface area contributed by atoms with E-state index in [0.29, 0.717) is 22.9 Å². The van der Waals surface area contributed by atoms with Crippen LogP contribution in [0.1, 0.15) is 36.0 Å². The maximum Gasteiger partial charge on any atom is 0.255 e. The number of pyridine rings is 1. The molecule has 1 fully saturated rings. The van der Waals surface area contributed by atoms with E-state index in [0.717, 1.165) is 18.5 Å². The molecule has 1 aliphatic rings. The van der Waals surface area contributed by atoms with Crippen LogP contribution in [0.25, 0.3) is 0 Å². The Morgan fingerprint density at radius 1 is 1.12 bits per heavy atom. The van der Waals surface area contributed by atoms with E-state index in [4.69, 9.17) is 9.47 Å². The van der Waals surface area contributed by atoms with Crippen LogP contribution in [0.15, 0.2) is 36.5 Å². The number of anilines is 2. The first kappa shape index (κ1) is 17.1. The molecule has 2 N–H and O–H groups in total. The van der Waals surface area contributed by atoms with E-state index < -0.39 is 0 Å². The molecule has 0 radical (unpaired) electrons. The standard InChI is InChI=1S/C19H23N3O3/c1-24-16-10-9-14(12-17(16)25-2)21-18-15(8-5-11-20-18)19(23)22-13-6-3-4-7-13/h5,8-13H,3-4,6-7H2,1-2H3,(H,20,21)(H,22,23). The van der Waals surface area contributed by atoms with E-state index in [-0.39, 0.29) is 11.9 Å². The number of methoxy groups -OCH3 is 2. The first-order valence-corrected chi connectivity index (χ1v) is 8.46. The zero-order valence-electron chi connectivity index (χ0n) is 14.5. The van der Waals surface area contributed by atoms with Gasteiger partial charge in [0.05, 0.1) is 19.8 Å². The number of carbonyl (C=O) groups excluding carboxylic acids is 1. The maximum atomic E-state index is 12.6. The van der Waals surface area contributed by atoms with E-state index in [1.807, 2.05) is 18.2 Å². The van der Waals surface area contributed by atoms with E-state index in [1.54, 1.807) is 32.5 Å². The van der Waals surface area contributed by atoms with Crippen molar-refractivity contribution in [1.29, 1.82) is 0 Å². The number of ether oxygens (including phenoxy) is 2. The number of aromatic nitrogens is 1. The fraction of sp³-hybridized carbons (Fsp3) is 0.368. The quantitative estimate of drug-likeness (QED) is 0.841. The second-order valence-electron chi connectivity index (χ2n) is 6.05. The molecule has 0 bridgehead atoms. The molecule has 2 aromatic rings. The fourth-order valence-electron chi connectivity index (χ4n) is 3.07. The average Bonchev–Trinajstić information content (AvgIpc) is 3.15. The first-order valence-electron chi connectivity index (χ1n) is 8.46. The number of carbonyl (C=O) groups is 1. The molecule has 6 nitrogen and oxygen atoms in total. The topological polar surface area (TPSA) is 72.5 Å². The number of benzene rings is 1. The van der Waals surface area contributed by atoms with Crippen LogP contribution in [0, 0.1) is 0 Å². The second-order valence-corrected chi connectivity index (χ2v) is 6.05. The zero-order valence-corrected chi connectivity index (χ0v) is 14.5. The molecule has 6 heteroatoms. The van der Waals surface area contributed by atoms with Gasteiger partial charge in [0.2, 0.25) is 0 Å². The molecule has 0 saturated heterocycles. The van der Waals surface area contributed by atoms with Crippen molar-refractivity contribution in [2.45, 2.75) is 31.7 Å². The Bertz CT molecular complexity index is 742. The third kappa shape index (κ3) is 4.02. The summed E-state index contributed by atoms with van der Waals surface area (Å²) in [7, 11) is 3.18. The monoisotopic (exact) mass is 341 g/mol. The van der Waals surface area contributed by atoms with Gasteiger partial charge in [-0.2, -0.15) is 0 Å². The molecule has 1 saturated carbocycles. The molecule has 0 aliphatic heterocycles. The molecule has 0 spiro atoms. The minimum atomic E-state index is -0.0945. The third-order valence-electron chi connectivity index (χ3n) is 4.39. The van der Waals surface area contributed by atoms with E-state index in [2.05, 4.69) is 15.6 Å². The average molecular weight is 341 g/mol. The molecule has 1 aliphatic carbocycles. The third-order valence-corrected chi connectivity index (χ3v) is 4.39. The van der Waals surface area contributed by atoms with Crippen molar-refractivity contribution in [3.05, 3.63) is 42.1 Å². The lowest BCUT2D eigenvalue weighted by molar-refractivity contribution is 0.0938. The van der Waals surface area contributed by atoms with Gasteiger partial charge in [0.25, 0.3) is 5.91 Å². The van der Waals surface area contributed by atoms with Gasteiger partial charge >= 0.3 is 0 Å². The summed E-state index contributed by atoms with van der Waals surface area (Å²) >= 11 is 0. The van der Waals surface area contributed by atoms with Crippen LogP contribution in [0.5, 0.6) is 11.5 Å². The maximum absolute atomic E-state index is 12.6. The Hall–Kier alpha value is -2.76. The van der Waals surface area contributed by atoms with Crippen molar-refractivity contribution in [1.82, 2.24) is 10.3 Å². The van der Waals surface area contributed by atoms with Gasteiger partial charge in [0, 0.05) is 24.0 Å². The van der Waals surface area contributed by atoms with Crippen molar-refractivity contribution >= 4 is 17.4 Å². The normalized spacial score (nSPS) is 14.2. The Balaban J connectivity index is 1.79. The zero-order chi connectivity index (χ0) is 17.6. The summed E-state index contributed by atoms with van der Waals surface area (Å²) in [5.41, 5.74) is 1.30. The van der Waals surface area contributed by atoms with Gasteiger partial charge in [-0.1, -0.05) is 12.8 Å². The SMILES string of the molecule is COc1ccc(Nc2ncccc2C(=O)NC2CCCC2)cc1OC. The number of hydrogen-bond donors (Lipinski definition) is 2. The van der Waals surface area contributed by atoms with Crippen LogP contribution in [0.2, 0.25) is 0 Å². The molecule has 3 rings (SSSR count). The molecule has 0 atom stereocenters. The van der Waals surface area contributed by atoms with Crippen LogP contribution in [-0.4, -0.2) is 31.2 Å². The summed E-state index contributed by atoms with van der Waals surface area (Å²) in [5.74, 6) is 1.68. The molecular formula is C19H23N3O3. The van der Waals surface area contributed by atoms with Crippen LogP contribution >= 0.6 is 0 Å².